The van der Waals surface area contributed by atoms with E-state index in [1.165, 1.54) is 6.33 Å². The van der Waals surface area contributed by atoms with Gasteiger partial charge in [0.25, 0.3) is 0 Å². The lowest BCUT2D eigenvalue weighted by Gasteiger charge is -2.22. The van der Waals surface area contributed by atoms with Gasteiger partial charge in [-0.05, 0) is 23.8 Å². The highest BCUT2D eigenvalue weighted by molar-refractivity contribution is 6.30. The van der Waals surface area contributed by atoms with Gasteiger partial charge in [-0.15, -0.1) is 0 Å². The number of nitrogens with zero attached hydrogens (tertiary/aromatic N) is 4. The normalized spacial score (nSPS) is 22.1. The van der Waals surface area contributed by atoms with Gasteiger partial charge in [0.2, 0.25) is 5.91 Å². The minimum absolute atomic E-state index is 0.133. The maximum atomic E-state index is 13.6. The predicted octanol–water partition coefficient (Wildman–Crippen LogP) is 1.32. The quantitative estimate of drug-likeness (QED) is 0.920. The molecule has 1 saturated heterocycles. The maximum absolute atomic E-state index is 13.6. The third-order valence-corrected chi connectivity index (χ3v) is 4.00. The number of halogens is 2. The largest absolute Gasteiger partial charge is 0.368 e. The fourth-order valence-corrected chi connectivity index (χ4v) is 2.97. The van der Waals surface area contributed by atoms with Gasteiger partial charge in [0.05, 0.1) is 11.7 Å². The van der Waals surface area contributed by atoms with Crippen molar-refractivity contribution in [2.75, 3.05) is 6.54 Å². The van der Waals surface area contributed by atoms with Crippen LogP contribution in [-0.4, -0.2) is 44.3 Å². The van der Waals surface area contributed by atoms with Crippen molar-refractivity contribution in [1.29, 1.82) is 0 Å². The molecule has 0 aliphatic carbocycles. The van der Waals surface area contributed by atoms with Gasteiger partial charge in [-0.1, -0.05) is 11.6 Å². The fraction of sp³-hybridized carbons (Fsp3) is 0.357. The fourth-order valence-electron chi connectivity index (χ4n) is 2.77. The average molecular weight is 324 g/mol. The van der Waals surface area contributed by atoms with Crippen LogP contribution in [0.1, 0.15) is 12.0 Å². The van der Waals surface area contributed by atoms with E-state index in [2.05, 4.69) is 10.1 Å². The summed E-state index contributed by atoms with van der Waals surface area (Å²) in [6.07, 6.45) is 2.08. The molecule has 1 aromatic carbocycles. The van der Waals surface area contributed by atoms with Crippen molar-refractivity contribution in [3.05, 3.63) is 41.4 Å². The summed E-state index contributed by atoms with van der Waals surface area (Å²) in [7, 11) is 0. The van der Waals surface area contributed by atoms with Crippen molar-refractivity contribution in [2.45, 2.75) is 25.2 Å². The van der Waals surface area contributed by atoms with Crippen molar-refractivity contribution in [3.8, 4) is 5.69 Å². The average Bonchev–Trinajstić information content (AvgIpc) is 3.09. The molecule has 8 heteroatoms. The maximum Gasteiger partial charge on any atom is 0.234 e. The molecule has 2 aromatic rings. The number of likely N-dealkylation sites (tertiary alicyclic amines) is 1. The summed E-state index contributed by atoms with van der Waals surface area (Å²) in [5.74, 6) is -0.510. The second-order valence-corrected chi connectivity index (χ2v) is 5.73. The van der Waals surface area contributed by atoms with E-state index in [1.807, 2.05) is 6.07 Å². The van der Waals surface area contributed by atoms with Gasteiger partial charge in [0.15, 0.2) is 0 Å². The molecule has 0 radical (unpaired) electrons. The smallest absolute Gasteiger partial charge is 0.234 e. The summed E-state index contributed by atoms with van der Waals surface area (Å²) in [5, 5.41) is 4.66. The van der Waals surface area contributed by atoms with Gasteiger partial charge in [0.1, 0.15) is 18.8 Å². The molecule has 0 spiro atoms. The molecule has 116 valence electrons. The SMILES string of the molecule is NC(=O)[C@@H]1CC(F)CN1Cc1cc(Cl)ccc1-n1cncn1. The van der Waals surface area contributed by atoms with E-state index >= 15 is 0 Å². The molecule has 3 rings (SSSR count). The number of carbonyl (C=O) groups excluding carboxylic acids is 1. The number of hydrogen-bond donors (Lipinski definition) is 1. The highest BCUT2D eigenvalue weighted by Crippen LogP contribution is 2.26. The monoisotopic (exact) mass is 323 g/mol. The summed E-state index contributed by atoms with van der Waals surface area (Å²) in [6, 6.07) is 4.74. The first-order valence-corrected chi connectivity index (χ1v) is 7.23. The number of nitrogens with two attached hydrogens (primary N) is 1. The minimum Gasteiger partial charge on any atom is -0.368 e. The van der Waals surface area contributed by atoms with Crippen molar-refractivity contribution >= 4 is 17.5 Å². The Kier molecular flexibility index (Phi) is 4.08. The zero-order valence-electron chi connectivity index (χ0n) is 11.7. The number of hydrogen-bond acceptors (Lipinski definition) is 4. The van der Waals surface area contributed by atoms with E-state index in [0.717, 1.165) is 11.3 Å². The molecule has 2 heterocycles. The second-order valence-electron chi connectivity index (χ2n) is 5.29. The third-order valence-electron chi connectivity index (χ3n) is 3.76. The first kappa shape index (κ1) is 14.9. The van der Waals surface area contributed by atoms with Crippen molar-refractivity contribution in [3.63, 3.8) is 0 Å². The highest BCUT2D eigenvalue weighted by Gasteiger charge is 2.36. The molecule has 1 fully saturated rings. The Morgan fingerprint density at radius 2 is 2.32 bits per heavy atom. The van der Waals surface area contributed by atoms with Crippen LogP contribution in [0.4, 0.5) is 4.39 Å². The van der Waals surface area contributed by atoms with Crippen molar-refractivity contribution in [2.24, 2.45) is 5.73 Å². The van der Waals surface area contributed by atoms with E-state index in [0.29, 0.717) is 11.6 Å². The number of benzene rings is 1. The molecule has 6 nitrogen and oxygen atoms in total. The van der Waals surface area contributed by atoms with Crippen LogP contribution in [0.25, 0.3) is 5.69 Å². The zero-order chi connectivity index (χ0) is 15.7. The topological polar surface area (TPSA) is 77.0 Å². The molecular formula is C14H15ClFN5O. The lowest BCUT2D eigenvalue weighted by molar-refractivity contribution is -0.122. The molecule has 2 N–H and O–H groups in total. The summed E-state index contributed by atoms with van der Waals surface area (Å²) in [6.45, 7) is 0.542. The van der Waals surface area contributed by atoms with Crippen LogP contribution in [0, 0.1) is 0 Å². The van der Waals surface area contributed by atoms with Gasteiger partial charge in [-0.2, -0.15) is 5.10 Å². The number of amides is 1. The molecule has 1 aliphatic heterocycles. The van der Waals surface area contributed by atoms with Gasteiger partial charge in [-0.3, -0.25) is 9.69 Å². The van der Waals surface area contributed by atoms with Crippen LogP contribution >= 0.6 is 11.6 Å². The van der Waals surface area contributed by atoms with Crippen LogP contribution in [0.2, 0.25) is 5.02 Å². The number of primary amides is 1. The Labute approximate surface area is 131 Å². The van der Waals surface area contributed by atoms with Gasteiger partial charge in [-0.25, -0.2) is 14.1 Å². The predicted molar refractivity (Wildman–Crippen MR) is 79.3 cm³/mol. The first-order valence-electron chi connectivity index (χ1n) is 6.85. The summed E-state index contributed by atoms with van der Waals surface area (Å²) >= 11 is 6.06. The van der Waals surface area contributed by atoms with Crippen LogP contribution in [0.3, 0.4) is 0 Å². The molecule has 1 unspecified atom stereocenters. The molecule has 0 saturated carbocycles. The van der Waals surface area contributed by atoms with E-state index in [-0.39, 0.29) is 13.0 Å². The van der Waals surface area contributed by atoms with Gasteiger partial charge in [0, 0.05) is 24.5 Å². The molecule has 1 aliphatic rings. The standard InChI is InChI=1S/C14H15ClFN5O/c15-10-1-2-12(21-8-18-7-19-21)9(3-10)5-20-6-11(16)4-13(20)14(17)22/h1-3,7-8,11,13H,4-6H2,(H2,17,22)/t11?,13-/m0/s1. The molecule has 22 heavy (non-hydrogen) atoms. The first-order chi connectivity index (χ1) is 10.5. The number of aromatic nitrogens is 3. The summed E-state index contributed by atoms with van der Waals surface area (Å²) < 4.78 is 15.2. The zero-order valence-corrected chi connectivity index (χ0v) is 12.4. The Morgan fingerprint density at radius 3 is 3.00 bits per heavy atom. The van der Waals surface area contributed by atoms with Crippen LogP contribution < -0.4 is 5.73 Å². The lowest BCUT2D eigenvalue weighted by atomic mass is 10.1. The van der Waals surface area contributed by atoms with Gasteiger partial charge >= 0.3 is 0 Å². The van der Waals surface area contributed by atoms with Crippen LogP contribution in [-0.2, 0) is 11.3 Å². The van der Waals surface area contributed by atoms with Crippen LogP contribution in [0.5, 0.6) is 0 Å². The van der Waals surface area contributed by atoms with E-state index in [9.17, 15) is 9.18 Å². The Balaban J connectivity index is 1.91. The van der Waals surface area contributed by atoms with E-state index < -0.39 is 18.1 Å². The van der Waals surface area contributed by atoms with E-state index in [1.54, 1.807) is 28.0 Å². The Morgan fingerprint density at radius 1 is 1.50 bits per heavy atom. The summed E-state index contributed by atoms with van der Waals surface area (Å²) in [4.78, 5) is 17.1. The number of alkyl halides is 1. The minimum atomic E-state index is -1.05. The Bertz CT molecular complexity index is 678. The van der Waals surface area contributed by atoms with Crippen molar-refractivity contribution < 1.29 is 9.18 Å². The third kappa shape index (κ3) is 2.95. The number of rotatable bonds is 4. The molecule has 1 aromatic heterocycles. The van der Waals surface area contributed by atoms with Crippen LogP contribution in [0.15, 0.2) is 30.9 Å². The second kappa shape index (κ2) is 6.02. The van der Waals surface area contributed by atoms with E-state index in [4.69, 9.17) is 17.3 Å². The molecule has 1 amide bonds. The molecular weight excluding hydrogens is 309 g/mol. The summed E-state index contributed by atoms with van der Waals surface area (Å²) in [5.41, 5.74) is 6.98. The number of carbonyl (C=O) groups is 1. The molecule has 2 atom stereocenters. The van der Waals surface area contributed by atoms with Gasteiger partial charge < -0.3 is 5.73 Å². The molecule has 0 bridgehead atoms. The lowest BCUT2D eigenvalue weighted by Crippen LogP contribution is -2.39. The highest BCUT2D eigenvalue weighted by atomic mass is 35.5. The Hall–Kier alpha value is -1.99. The van der Waals surface area contributed by atoms with Crippen molar-refractivity contribution in [1.82, 2.24) is 19.7 Å².